The molecule has 0 spiro atoms. The van der Waals surface area contributed by atoms with Crippen LogP contribution in [0.1, 0.15) is 19.3 Å². The predicted octanol–water partition coefficient (Wildman–Crippen LogP) is 0.188. The molecule has 7 nitrogen and oxygen atoms in total. The molecule has 0 aromatic carbocycles. The Bertz CT molecular complexity index is 443. The van der Waals surface area contributed by atoms with E-state index in [9.17, 15) is 4.79 Å². The van der Waals surface area contributed by atoms with Gasteiger partial charge in [-0.1, -0.05) is 0 Å². The van der Waals surface area contributed by atoms with E-state index in [1.54, 1.807) is 13.3 Å². The van der Waals surface area contributed by atoms with Crippen LogP contribution < -0.4 is 15.5 Å². The lowest BCUT2D eigenvalue weighted by atomic mass is 10.1. The summed E-state index contributed by atoms with van der Waals surface area (Å²) in [6, 6.07) is 4.17. The highest BCUT2D eigenvalue weighted by Gasteiger charge is 2.21. The number of anilines is 1. The Hall–Kier alpha value is -1.73. The van der Waals surface area contributed by atoms with Gasteiger partial charge in [0.25, 0.3) is 0 Å². The van der Waals surface area contributed by atoms with Crippen LogP contribution in [0.2, 0.25) is 0 Å². The fourth-order valence-corrected chi connectivity index (χ4v) is 2.56. The summed E-state index contributed by atoms with van der Waals surface area (Å²) < 4.78 is 4.95. The molecule has 22 heavy (non-hydrogen) atoms. The molecule has 0 aliphatic carbocycles. The van der Waals surface area contributed by atoms with Gasteiger partial charge in [-0.25, -0.2) is 0 Å². The zero-order valence-corrected chi connectivity index (χ0v) is 13.1. The van der Waals surface area contributed by atoms with Crippen LogP contribution >= 0.6 is 0 Å². The average molecular weight is 307 g/mol. The van der Waals surface area contributed by atoms with Crippen LogP contribution in [0.3, 0.4) is 0 Å². The molecule has 1 aliphatic rings. The van der Waals surface area contributed by atoms with Crippen LogP contribution in [0, 0.1) is 0 Å². The molecule has 0 saturated carbocycles. The maximum absolute atomic E-state index is 11.7. The van der Waals surface area contributed by atoms with Crippen molar-refractivity contribution in [3.8, 4) is 0 Å². The summed E-state index contributed by atoms with van der Waals surface area (Å²) >= 11 is 0. The lowest BCUT2D eigenvalue weighted by Crippen LogP contribution is -2.48. The molecule has 1 atom stereocenters. The minimum Gasteiger partial charge on any atom is -0.385 e. The van der Waals surface area contributed by atoms with Gasteiger partial charge in [-0.15, -0.1) is 5.10 Å². The Morgan fingerprint density at radius 1 is 1.55 bits per heavy atom. The summed E-state index contributed by atoms with van der Waals surface area (Å²) in [6.07, 6.45) is 4.68. The maximum Gasteiger partial charge on any atom is 0.233 e. The molecular weight excluding hydrogens is 282 g/mol. The van der Waals surface area contributed by atoms with Crippen molar-refractivity contribution in [2.24, 2.45) is 0 Å². The number of nitrogens with one attached hydrogen (secondary N) is 2. The molecule has 0 unspecified atom stereocenters. The maximum atomic E-state index is 11.7. The zero-order valence-electron chi connectivity index (χ0n) is 13.1. The van der Waals surface area contributed by atoms with E-state index >= 15 is 0 Å². The lowest BCUT2D eigenvalue weighted by Gasteiger charge is -2.33. The van der Waals surface area contributed by atoms with Crippen LogP contribution in [0.25, 0.3) is 0 Å². The van der Waals surface area contributed by atoms with Crippen LogP contribution in [-0.2, 0) is 9.53 Å². The Balaban J connectivity index is 1.68. The quantitative estimate of drug-likeness (QED) is 0.667. The number of hydrogen-bond donors (Lipinski definition) is 2. The molecule has 2 rings (SSSR count). The van der Waals surface area contributed by atoms with E-state index < -0.39 is 0 Å². The SMILES string of the molecule is COCCCNC(=O)CN[C@@H]1CCCN(c2cccnn2)C1. The van der Waals surface area contributed by atoms with Gasteiger partial charge < -0.3 is 20.3 Å². The van der Waals surface area contributed by atoms with E-state index in [1.807, 2.05) is 12.1 Å². The van der Waals surface area contributed by atoms with E-state index in [4.69, 9.17) is 4.74 Å². The van der Waals surface area contributed by atoms with Crippen LogP contribution in [0.5, 0.6) is 0 Å². The van der Waals surface area contributed by atoms with Crippen molar-refractivity contribution in [2.45, 2.75) is 25.3 Å². The molecule has 1 amide bonds. The highest BCUT2D eigenvalue weighted by Crippen LogP contribution is 2.16. The number of ether oxygens (including phenoxy) is 1. The van der Waals surface area contributed by atoms with Crippen molar-refractivity contribution >= 4 is 11.7 Å². The van der Waals surface area contributed by atoms with Gasteiger partial charge in [0.2, 0.25) is 5.91 Å². The van der Waals surface area contributed by atoms with E-state index in [2.05, 4.69) is 25.7 Å². The van der Waals surface area contributed by atoms with Gasteiger partial charge in [0.15, 0.2) is 5.82 Å². The van der Waals surface area contributed by atoms with E-state index in [-0.39, 0.29) is 5.91 Å². The van der Waals surface area contributed by atoms with Crippen molar-refractivity contribution in [1.29, 1.82) is 0 Å². The first-order valence-corrected chi connectivity index (χ1v) is 7.81. The Morgan fingerprint density at radius 3 is 3.23 bits per heavy atom. The number of hydrogen-bond acceptors (Lipinski definition) is 6. The Labute approximate surface area is 131 Å². The molecule has 122 valence electrons. The van der Waals surface area contributed by atoms with Crippen LogP contribution in [0.15, 0.2) is 18.3 Å². The third kappa shape index (κ3) is 5.57. The second-order valence-corrected chi connectivity index (χ2v) is 5.44. The molecule has 2 heterocycles. The normalized spacial score (nSPS) is 18.2. The second-order valence-electron chi connectivity index (χ2n) is 5.44. The molecule has 1 aromatic rings. The summed E-state index contributed by atoms with van der Waals surface area (Å²) in [5, 5.41) is 14.3. The number of piperidine rings is 1. The monoisotopic (exact) mass is 307 g/mol. The van der Waals surface area contributed by atoms with E-state index in [0.717, 1.165) is 38.2 Å². The van der Waals surface area contributed by atoms with Crippen LogP contribution in [-0.4, -0.2) is 62.0 Å². The predicted molar refractivity (Wildman–Crippen MR) is 84.8 cm³/mol. The van der Waals surface area contributed by atoms with Crippen molar-refractivity contribution < 1.29 is 9.53 Å². The first kappa shape index (κ1) is 16.6. The first-order valence-electron chi connectivity index (χ1n) is 7.81. The van der Waals surface area contributed by atoms with Gasteiger partial charge in [-0.3, -0.25) is 4.79 Å². The van der Waals surface area contributed by atoms with Gasteiger partial charge in [0, 0.05) is 45.6 Å². The highest BCUT2D eigenvalue weighted by molar-refractivity contribution is 5.77. The lowest BCUT2D eigenvalue weighted by molar-refractivity contribution is -0.120. The third-order valence-corrected chi connectivity index (χ3v) is 3.70. The molecule has 2 N–H and O–H groups in total. The van der Waals surface area contributed by atoms with Gasteiger partial charge in [0.1, 0.15) is 0 Å². The van der Waals surface area contributed by atoms with Crippen molar-refractivity contribution in [1.82, 2.24) is 20.8 Å². The molecule has 1 aromatic heterocycles. The Morgan fingerprint density at radius 2 is 2.45 bits per heavy atom. The number of rotatable bonds is 8. The Kier molecular flexibility index (Phi) is 7.05. The van der Waals surface area contributed by atoms with Crippen molar-refractivity contribution in [3.63, 3.8) is 0 Å². The largest absolute Gasteiger partial charge is 0.385 e. The standard InChI is InChI=1S/C15H25N5O2/c1-22-10-4-7-16-15(21)11-17-13-5-3-9-20(12-13)14-6-2-8-18-19-14/h2,6,8,13,17H,3-5,7,9-12H2,1H3,(H,16,21)/t13-/m1/s1. The minimum atomic E-state index is 0.0349. The molecule has 1 saturated heterocycles. The molecule has 1 fully saturated rings. The van der Waals surface area contributed by atoms with Gasteiger partial charge >= 0.3 is 0 Å². The average Bonchev–Trinajstić information content (AvgIpc) is 2.58. The smallest absolute Gasteiger partial charge is 0.233 e. The highest BCUT2D eigenvalue weighted by atomic mass is 16.5. The van der Waals surface area contributed by atoms with E-state index in [0.29, 0.717) is 25.7 Å². The van der Waals surface area contributed by atoms with Crippen molar-refractivity contribution in [2.75, 3.05) is 44.8 Å². The molecule has 0 bridgehead atoms. The van der Waals surface area contributed by atoms with Crippen LogP contribution in [0.4, 0.5) is 5.82 Å². The summed E-state index contributed by atoms with van der Waals surface area (Å²) in [7, 11) is 1.66. The summed E-state index contributed by atoms with van der Waals surface area (Å²) in [5.41, 5.74) is 0. The number of carbonyl (C=O) groups excluding carboxylic acids is 1. The second kappa shape index (κ2) is 9.32. The van der Waals surface area contributed by atoms with Crippen molar-refractivity contribution in [3.05, 3.63) is 18.3 Å². The molecular formula is C15H25N5O2. The number of carbonyl (C=O) groups is 1. The summed E-state index contributed by atoms with van der Waals surface area (Å²) in [4.78, 5) is 14.0. The molecule has 1 aliphatic heterocycles. The fourth-order valence-electron chi connectivity index (χ4n) is 2.56. The number of nitrogens with zero attached hydrogens (tertiary/aromatic N) is 3. The fraction of sp³-hybridized carbons (Fsp3) is 0.667. The van der Waals surface area contributed by atoms with E-state index in [1.165, 1.54) is 0 Å². The zero-order chi connectivity index (χ0) is 15.6. The minimum absolute atomic E-state index is 0.0349. The number of methoxy groups -OCH3 is 1. The molecule has 0 radical (unpaired) electrons. The van der Waals surface area contributed by atoms with Gasteiger partial charge in [-0.2, -0.15) is 5.10 Å². The topological polar surface area (TPSA) is 79.4 Å². The van der Waals surface area contributed by atoms with Gasteiger partial charge in [-0.05, 0) is 31.4 Å². The summed E-state index contributed by atoms with van der Waals surface area (Å²) in [5.74, 6) is 0.936. The number of amides is 1. The van der Waals surface area contributed by atoms with Gasteiger partial charge in [0.05, 0.1) is 6.54 Å². The number of aromatic nitrogens is 2. The summed E-state index contributed by atoms with van der Waals surface area (Å²) in [6.45, 7) is 3.52. The third-order valence-electron chi connectivity index (χ3n) is 3.70. The molecule has 7 heteroatoms. The first-order chi connectivity index (χ1) is 10.8.